The van der Waals surface area contributed by atoms with Crippen molar-refractivity contribution in [1.29, 1.82) is 0 Å². The first-order chi connectivity index (χ1) is 4.84. The zero-order chi connectivity index (χ0) is 7.40. The number of carbonyl (C=O) groups is 1. The van der Waals surface area contributed by atoms with E-state index in [4.69, 9.17) is 0 Å². The third kappa shape index (κ3) is 1.47. The second-order valence-corrected chi connectivity index (χ2v) is 2.20. The van der Waals surface area contributed by atoms with Gasteiger partial charge in [-0.05, 0) is 13.3 Å². The van der Waals surface area contributed by atoms with E-state index in [1.165, 1.54) is 0 Å². The molecule has 0 fully saturated rings. The Bertz CT molecular complexity index is 191. The number of allylic oxidation sites excluding steroid dienone is 1. The predicted molar refractivity (Wildman–Crippen MR) is 40.5 cm³/mol. The zero-order valence-electron chi connectivity index (χ0n) is 6.05. The van der Waals surface area contributed by atoms with Crippen molar-refractivity contribution in [3.05, 3.63) is 23.8 Å². The maximum Gasteiger partial charge on any atom is 0.250 e. The Labute approximate surface area is 60.6 Å². The Morgan fingerprint density at radius 2 is 2.50 bits per heavy atom. The Morgan fingerprint density at radius 3 is 3.10 bits per heavy atom. The monoisotopic (exact) mass is 137 g/mol. The van der Waals surface area contributed by atoms with Gasteiger partial charge >= 0.3 is 0 Å². The van der Waals surface area contributed by atoms with Crippen molar-refractivity contribution in [3.63, 3.8) is 0 Å². The molecule has 0 unspecified atom stereocenters. The van der Waals surface area contributed by atoms with E-state index in [0.29, 0.717) is 0 Å². The first kappa shape index (κ1) is 7.06. The van der Waals surface area contributed by atoms with Crippen molar-refractivity contribution in [2.45, 2.75) is 13.3 Å². The molecular weight excluding hydrogens is 126 g/mol. The molecule has 0 spiro atoms. The molecule has 0 aromatic heterocycles. The molecule has 1 heterocycles. The van der Waals surface area contributed by atoms with Crippen LogP contribution >= 0.6 is 0 Å². The molecule has 10 heavy (non-hydrogen) atoms. The maximum absolute atomic E-state index is 11.0. The van der Waals surface area contributed by atoms with E-state index < -0.39 is 0 Å². The average molecular weight is 137 g/mol. The Morgan fingerprint density at radius 1 is 1.70 bits per heavy atom. The van der Waals surface area contributed by atoms with Crippen molar-refractivity contribution >= 4 is 5.91 Å². The van der Waals surface area contributed by atoms with E-state index in [1.54, 1.807) is 0 Å². The molecule has 0 aromatic carbocycles. The van der Waals surface area contributed by atoms with Crippen LogP contribution in [0.15, 0.2) is 23.8 Å². The van der Waals surface area contributed by atoms with Crippen molar-refractivity contribution in [2.24, 2.45) is 0 Å². The lowest BCUT2D eigenvalue weighted by Gasteiger charge is -2.09. The molecule has 54 valence electrons. The van der Waals surface area contributed by atoms with Crippen LogP contribution in [0.25, 0.3) is 0 Å². The molecule has 0 saturated heterocycles. The van der Waals surface area contributed by atoms with Gasteiger partial charge in [0.15, 0.2) is 0 Å². The lowest BCUT2D eigenvalue weighted by molar-refractivity contribution is -0.117. The smallest absolute Gasteiger partial charge is 0.250 e. The van der Waals surface area contributed by atoms with Crippen LogP contribution in [-0.2, 0) is 4.79 Å². The van der Waals surface area contributed by atoms with Gasteiger partial charge in [-0.1, -0.05) is 18.2 Å². The zero-order valence-corrected chi connectivity index (χ0v) is 6.05. The van der Waals surface area contributed by atoms with Gasteiger partial charge in [0.2, 0.25) is 0 Å². The topological polar surface area (TPSA) is 29.1 Å². The molecule has 1 aliphatic rings. The lowest BCUT2D eigenvalue weighted by atomic mass is 10.1. The van der Waals surface area contributed by atoms with E-state index in [2.05, 4.69) is 5.32 Å². The summed E-state index contributed by atoms with van der Waals surface area (Å²) >= 11 is 0. The molecule has 1 aliphatic heterocycles. The highest BCUT2D eigenvalue weighted by Crippen LogP contribution is 2.03. The summed E-state index contributed by atoms with van der Waals surface area (Å²) in [7, 11) is 0. The molecule has 0 aliphatic carbocycles. The second kappa shape index (κ2) is 3.20. The molecule has 0 bridgehead atoms. The minimum absolute atomic E-state index is 0.0457. The van der Waals surface area contributed by atoms with Gasteiger partial charge in [-0.25, -0.2) is 0 Å². The first-order valence-corrected chi connectivity index (χ1v) is 3.45. The Kier molecular flexibility index (Phi) is 2.26. The summed E-state index contributed by atoms with van der Waals surface area (Å²) in [6.45, 7) is 2.68. The van der Waals surface area contributed by atoms with Crippen LogP contribution in [-0.4, -0.2) is 12.5 Å². The van der Waals surface area contributed by atoms with E-state index in [0.717, 1.165) is 18.5 Å². The number of hydrogen-bond acceptors (Lipinski definition) is 1. The van der Waals surface area contributed by atoms with Crippen LogP contribution in [0.4, 0.5) is 0 Å². The van der Waals surface area contributed by atoms with E-state index in [-0.39, 0.29) is 5.91 Å². The van der Waals surface area contributed by atoms with Crippen LogP contribution in [0, 0.1) is 0 Å². The standard InChI is InChI=1S/C8H11NO/c1-2-4-7-5-3-6-9-8(7)10/h2,4-5H,3,6H2,1H3,(H,9,10). The minimum atomic E-state index is 0.0457. The lowest BCUT2D eigenvalue weighted by Crippen LogP contribution is -2.28. The quantitative estimate of drug-likeness (QED) is 0.574. The van der Waals surface area contributed by atoms with Crippen LogP contribution in [0.3, 0.4) is 0 Å². The highest BCUT2D eigenvalue weighted by Gasteiger charge is 2.07. The Hall–Kier alpha value is -1.05. The molecule has 1 rings (SSSR count). The molecule has 2 nitrogen and oxygen atoms in total. The van der Waals surface area contributed by atoms with Gasteiger partial charge in [0, 0.05) is 12.1 Å². The van der Waals surface area contributed by atoms with Crippen molar-refractivity contribution < 1.29 is 4.79 Å². The summed E-state index contributed by atoms with van der Waals surface area (Å²) in [4.78, 5) is 11.0. The van der Waals surface area contributed by atoms with Gasteiger partial charge < -0.3 is 5.32 Å². The summed E-state index contributed by atoms with van der Waals surface area (Å²) in [6, 6.07) is 0. The number of amides is 1. The van der Waals surface area contributed by atoms with Gasteiger partial charge in [0.05, 0.1) is 0 Å². The van der Waals surface area contributed by atoms with Gasteiger partial charge in [0.1, 0.15) is 0 Å². The summed E-state index contributed by atoms with van der Waals surface area (Å²) in [6.07, 6.45) is 6.61. The van der Waals surface area contributed by atoms with Gasteiger partial charge in [-0.2, -0.15) is 0 Å². The fraction of sp³-hybridized carbons (Fsp3) is 0.375. The van der Waals surface area contributed by atoms with Crippen LogP contribution < -0.4 is 5.32 Å². The maximum atomic E-state index is 11.0. The molecule has 2 heteroatoms. The van der Waals surface area contributed by atoms with Crippen LogP contribution in [0.1, 0.15) is 13.3 Å². The second-order valence-electron chi connectivity index (χ2n) is 2.20. The van der Waals surface area contributed by atoms with Crippen LogP contribution in [0.5, 0.6) is 0 Å². The normalized spacial score (nSPS) is 18.9. The molecular formula is C8H11NO. The van der Waals surface area contributed by atoms with Crippen molar-refractivity contribution in [1.82, 2.24) is 5.32 Å². The van der Waals surface area contributed by atoms with Gasteiger partial charge in [-0.15, -0.1) is 0 Å². The molecule has 1 N–H and O–H groups in total. The van der Waals surface area contributed by atoms with E-state index in [9.17, 15) is 4.79 Å². The number of carbonyl (C=O) groups excluding carboxylic acids is 1. The minimum Gasteiger partial charge on any atom is -0.352 e. The molecule has 0 radical (unpaired) electrons. The largest absolute Gasteiger partial charge is 0.352 e. The number of nitrogens with one attached hydrogen (secondary N) is 1. The molecule has 1 amide bonds. The predicted octanol–water partition coefficient (Wildman–Crippen LogP) is 1.01. The molecule has 0 aromatic rings. The molecule has 0 saturated carbocycles. The summed E-state index contributed by atoms with van der Waals surface area (Å²) in [5, 5.41) is 2.76. The summed E-state index contributed by atoms with van der Waals surface area (Å²) in [5.41, 5.74) is 0.786. The van der Waals surface area contributed by atoms with Gasteiger partial charge in [0.25, 0.3) is 5.91 Å². The van der Waals surface area contributed by atoms with Crippen LogP contribution in [0.2, 0.25) is 0 Å². The third-order valence-electron chi connectivity index (χ3n) is 1.40. The van der Waals surface area contributed by atoms with Gasteiger partial charge in [-0.3, -0.25) is 4.79 Å². The average Bonchev–Trinajstić information content (AvgIpc) is 1.94. The van der Waals surface area contributed by atoms with E-state index in [1.807, 2.05) is 25.2 Å². The first-order valence-electron chi connectivity index (χ1n) is 3.45. The fourth-order valence-corrected chi connectivity index (χ4v) is 0.931. The third-order valence-corrected chi connectivity index (χ3v) is 1.40. The number of hydrogen-bond donors (Lipinski definition) is 1. The highest BCUT2D eigenvalue weighted by molar-refractivity contribution is 5.96. The fourth-order valence-electron chi connectivity index (χ4n) is 0.931. The Balaban J connectivity index is 2.71. The van der Waals surface area contributed by atoms with Crippen molar-refractivity contribution in [2.75, 3.05) is 6.54 Å². The molecule has 0 atom stereocenters. The van der Waals surface area contributed by atoms with Crippen molar-refractivity contribution in [3.8, 4) is 0 Å². The highest BCUT2D eigenvalue weighted by atomic mass is 16.1. The SMILES string of the molecule is CC=CC1=CCCNC1=O. The van der Waals surface area contributed by atoms with E-state index >= 15 is 0 Å². The summed E-state index contributed by atoms with van der Waals surface area (Å²) < 4.78 is 0. The number of rotatable bonds is 1. The summed E-state index contributed by atoms with van der Waals surface area (Å²) in [5.74, 6) is 0.0457.